The van der Waals surface area contributed by atoms with E-state index in [9.17, 15) is 34.2 Å². The van der Waals surface area contributed by atoms with Gasteiger partial charge in [0.25, 0.3) is 5.91 Å². The van der Waals surface area contributed by atoms with Crippen LogP contribution >= 0.6 is 12.4 Å². The molecule has 5 atom stereocenters. The first kappa shape index (κ1) is 30.0. The molecule has 4 amide bonds. The molecule has 12 nitrogen and oxygen atoms in total. The Labute approximate surface area is 220 Å². The first-order chi connectivity index (χ1) is 17.2. The molecule has 2 aliphatic rings. The molecule has 0 bridgehead atoms. The van der Waals surface area contributed by atoms with Crippen molar-refractivity contribution in [2.75, 3.05) is 13.1 Å². The SMILES string of the molecule is Cl.NC(=O)C[C@H](NC(=O)[C@@H]1CCCN1)C(=O)N[C@@H](Cc1ccccc1)C(O)C(=O)N1CCC[C@H]1C(=O)O. The summed E-state index contributed by atoms with van der Waals surface area (Å²) < 4.78 is 0. The van der Waals surface area contributed by atoms with Gasteiger partial charge in [0.1, 0.15) is 12.1 Å². The van der Waals surface area contributed by atoms with Crippen molar-refractivity contribution in [1.29, 1.82) is 0 Å². The number of aliphatic hydroxyl groups is 1. The zero-order valence-corrected chi connectivity index (χ0v) is 21.1. The Morgan fingerprint density at radius 3 is 2.38 bits per heavy atom. The zero-order chi connectivity index (χ0) is 26.2. The topological polar surface area (TPSA) is 191 Å². The maximum atomic E-state index is 13.2. The highest BCUT2D eigenvalue weighted by Crippen LogP contribution is 2.20. The predicted octanol–water partition coefficient (Wildman–Crippen LogP) is -1.32. The third-order valence-corrected chi connectivity index (χ3v) is 6.50. The fourth-order valence-corrected chi connectivity index (χ4v) is 4.61. The van der Waals surface area contributed by atoms with Crippen LogP contribution in [0.4, 0.5) is 0 Å². The number of likely N-dealkylation sites (tertiary alicyclic amines) is 1. The summed E-state index contributed by atoms with van der Waals surface area (Å²) in [5, 5.41) is 28.5. The normalized spacial score (nSPS) is 21.3. The van der Waals surface area contributed by atoms with E-state index in [1.165, 1.54) is 0 Å². The van der Waals surface area contributed by atoms with Gasteiger partial charge in [-0.15, -0.1) is 12.4 Å². The number of rotatable bonds is 11. The monoisotopic (exact) mass is 539 g/mol. The van der Waals surface area contributed by atoms with Crippen LogP contribution < -0.4 is 21.7 Å². The summed E-state index contributed by atoms with van der Waals surface area (Å²) in [4.78, 5) is 63.1. The van der Waals surface area contributed by atoms with Crippen LogP contribution in [0.15, 0.2) is 30.3 Å². The van der Waals surface area contributed by atoms with E-state index in [0.717, 1.165) is 11.3 Å². The molecule has 3 rings (SSSR count). The summed E-state index contributed by atoms with van der Waals surface area (Å²) >= 11 is 0. The smallest absolute Gasteiger partial charge is 0.326 e. The average Bonchev–Trinajstić information content (AvgIpc) is 3.55. The lowest BCUT2D eigenvalue weighted by atomic mass is 9.99. The van der Waals surface area contributed by atoms with Crippen molar-refractivity contribution in [2.45, 2.75) is 68.8 Å². The number of halogens is 1. The first-order valence-corrected chi connectivity index (χ1v) is 12.0. The Kier molecular flexibility index (Phi) is 11.3. The molecule has 0 aliphatic carbocycles. The summed E-state index contributed by atoms with van der Waals surface area (Å²) in [6.07, 6.45) is -0.0480. The van der Waals surface area contributed by atoms with Gasteiger partial charge in [-0.3, -0.25) is 19.2 Å². The molecule has 1 aromatic carbocycles. The van der Waals surface area contributed by atoms with Gasteiger partial charge in [0.2, 0.25) is 17.7 Å². The summed E-state index contributed by atoms with van der Waals surface area (Å²) in [5.41, 5.74) is 6.00. The van der Waals surface area contributed by atoms with Crippen molar-refractivity contribution < 1.29 is 34.2 Å². The highest BCUT2D eigenvalue weighted by atomic mass is 35.5. The largest absolute Gasteiger partial charge is 0.480 e. The number of nitrogens with one attached hydrogen (secondary N) is 3. The highest BCUT2D eigenvalue weighted by Gasteiger charge is 2.40. The second kappa shape index (κ2) is 13.9. The number of carboxylic acid groups (broad SMARTS) is 1. The van der Waals surface area contributed by atoms with E-state index in [1.54, 1.807) is 30.3 Å². The minimum Gasteiger partial charge on any atom is -0.480 e. The Morgan fingerprint density at radius 2 is 1.78 bits per heavy atom. The van der Waals surface area contributed by atoms with Gasteiger partial charge in [-0.05, 0) is 44.2 Å². The quantitative estimate of drug-likeness (QED) is 0.199. The van der Waals surface area contributed by atoms with Gasteiger partial charge in [-0.2, -0.15) is 0 Å². The lowest BCUT2D eigenvalue weighted by molar-refractivity contribution is -0.153. The van der Waals surface area contributed by atoms with Crippen LogP contribution in [0, 0.1) is 0 Å². The molecule has 2 fully saturated rings. The van der Waals surface area contributed by atoms with Crippen LogP contribution in [0.1, 0.15) is 37.7 Å². The molecule has 2 saturated heterocycles. The van der Waals surface area contributed by atoms with Gasteiger partial charge in [0.05, 0.1) is 18.5 Å². The summed E-state index contributed by atoms with van der Waals surface area (Å²) in [6, 6.07) is 4.79. The molecule has 2 aliphatic heterocycles. The lowest BCUT2D eigenvalue weighted by Gasteiger charge is -2.30. The van der Waals surface area contributed by atoms with E-state index >= 15 is 0 Å². The number of nitrogens with two attached hydrogens (primary N) is 1. The fourth-order valence-electron chi connectivity index (χ4n) is 4.61. The van der Waals surface area contributed by atoms with Gasteiger partial charge < -0.3 is 36.8 Å². The first-order valence-electron chi connectivity index (χ1n) is 12.0. The molecule has 0 radical (unpaired) electrons. The summed E-state index contributed by atoms with van der Waals surface area (Å²) in [7, 11) is 0. The van der Waals surface area contributed by atoms with Crippen molar-refractivity contribution in [1.82, 2.24) is 20.9 Å². The number of hydrogen-bond donors (Lipinski definition) is 6. The van der Waals surface area contributed by atoms with Crippen LogP contribution in [-0.4, -0.2) is 88.1 Å². The number of hydrogen-bond acceptors (Lipinski definition) is 7. The number of carboxylic acids is 1. The molecule has 0 saturated carbocycles. The molecule has 7 N–H and O–H groups in total. The second-order valence-corrected chi connectivity index (χ2v) is 9.16. The number of aliphatic hydroxyl groups excluding tert-OH is 1. The van der Waals surface area contributed by atoms with Gasteiger partial charge in [-0.1, -0.05) is 30.3 Å². The van der Waals surface area contributed by atoms with Crippen LogP contribution in [0.3, 0.4) is 0 Å². The van der Waals surface area contributed by atoms with E-state index in [-0.39, 0.29) is 31.8 Å². The van der Waals surface area contributed by atoms with E-state index in [4.69, 9.17) is 5.73 Å². The van der Waals surface area contributed by atoms with Gasteiger partial charge >= 0.3 is 5.97 Å². The number of carbonyl (C=O) groups excluding carboxylic acids is 4. The molecule has 0 aromatic heterocycles. The molecule has 0 spiro atoms. The van der Waals surface area contributed by atoms with E-state index in [1.807, 2.05) is 0 Å². The number of amides is 4. The van der Waals surface area contributed by atoms with E-state index in [2.05, 4.69) is 16.0 Å². The molecular formula is C24H34ClN5O7. The minimum absolute atomic E-state index is 0. The number of primary amides is 1. The maximum Gasteiger partial charge on any atom is 0.326 e. The minimum atomic E-state index is -1.75. The van der Waals surface area contributed by atoms with Crippen molar-refractivity contribution in [3.63, 3.8) is 0 Å². The van der Waals surface area contributed by atoms with Crippen LogP contribution in [0.5, 0.6) is 0 Å². The molecule has 2 heterocycles. The van der Waals surface area contributed by atoms with Crippen LogP contribution in [-0.2, 0) is 30.4 Å². The van der Waals surface area contributed by atoms with Crippen molar-refractivity contribution in [3.8, 4) is 0 Å². The van der Waals surface area contributed by atoms with Gasteiger partial charge in [-0.25, -0.2) is 4.79 Å². The Bertz CT molecular complexity index is 973. The second-order valence-electron chi connectivity index (χ2n) is 9.16. The van der Waals surface area contributed by atoms with Crippen molar-refractivity contribution >= 4 is 42.0 Å². The third kappa shape index (κ3) is 8.14. The Hall–Kier alpha value is -3.22. The molecule has 13 heteroatoms. The average molecular weight is 540 g/mol. The Morgan fingerprint density at radius 1 is 1.08 bits per heavy atom. The zero-order valence-electron chi connectivity index (χ0n) is 20.3. The van der Waals surface area contributed by atoms with Crippen molar-refractivity contribution in [2.24, 2.45) is 5.73 Å². The maximum absolute atomic E-state index is 13.2. The van der Waals surface area contributed by atoms with Crippen molar-refractivity contribution in [3.05, 3.63) is 35.9 Å². The number of nitrogens with zero attached hydrogens (tertiary/aromatic N) is 1. The third-order valence-electron chi connectivity index (χ3n) is 6.50. The molecular weight excluding hydrogens is 506 g/mol. The predicted molar refractivity (Wildman–Crippen MR) is 134 cm³/mol. The number of benzene rings is 1. The van der Waals surface area contributed by atoms with E-state index < -0.39 is 66.3 Å². The highest BCUT2D eigenvalue weighted by molar-refractivity contribution is 5.94. The molecule has 1 aromatic rings. The number of aliphatic carboxylic acids is 1. The lowest BCUT2D eigenvalue weighted by Crippen LogP contribution is -2.59. The summed E-state index contributed by atoms with van der Waals surface area (Å²) in [6.45, 7) is 0.833. The van der Waals surface area contributed by atoms with E-state index in [0.29, 0.717) is 24.9 Å². The molecule has 204 valence electrons. The number of carbonyl (C=O) groups is 5. The molecule has 1 unspecified atom stereocenters. The standard InChI is InChI=1S/C24H33N5O7.ClH/c25-19(30)13-17(28-21(32)15-8-4-10-26-15)22(33)27-16(12-14-6-2-1-3-7-14)20(31)23(34)29-11-5-9-18(29)24(35)36;/h1-3,6-7,15-18,20,26,31H,4-5,8-13H2,(H2,25,30)(H,27,33)(H,28,32)(H,35,36);1H/t15-,16-,17-,18-,20?;/m0./s1. The van der Waals surface area contributed by atoms with Crippen LogP contribution in [0.2, 0.25) is 0 Å². The van der Waals surface area contributed by atoms with Crippen LogP contribution in [0.25, 0.3) is 0 Å². The van der Waals surface area contributed by atoms with Gasteiger partial charge in [0.15, 0.2) is 6.10 Å². The molecule has 37 heavy (non-hydrogen) atoms. The summed E-state index contributed by atoms with van der Waals surface area (Å²) in [5.74, 6) is -4.03. The fraction of sp³-hybridized carbons (Fsp3) is 0.542. The van der Waals surface area contributed by atoms with Gasteiger partial charge in [0, 0.05) is 6.54 Å². The Balaban J connectivity index is 0.00000481.